The van der Waals surface area contributed by atoms with Crippen molar-refractivity contribution in [2.45, 2.75) is 0 Å². The molecule has 8 aromatic rings. The van der Waals surface area contributed by atoms with E-state index in [4.69, 9.17) is 0 Å². The number of benzene rings is 8. The van der Waals surface area contributed by atoms with Gasteiger partial charge in [-0.05, 0) is 47.7 Å². The molecule has 0 aliphatic heterocycles. The van der Waals surface area contributed by atoms with Gasteiger partial charge in [0.1, 0.15) is 0 Å². The molecule has 0 saturated heterocycles. The second-order valence-corrected chi connectivity index (χ2v) is 16.4. The van der Waals surface area contributed by atoms with E-state index in [1.54, 1.807) is 0 Å². The average molecular weight is 921 g/mol. The van der Waals surface area contributed by atoms with Crippen molar-refractivity contribution in [1.29, 1.82) is 0 Å². The second-order valence-electron chi connectivity index (χ2n) is 12.1. The standard InChI is InChI=1S/C42H33BP2.C6H5.HI.Pd/c1-6-20-34(21-7-1)43(39-30-16-18-32-41(39)44(35-22-8-2-9-23-35)36-24-10-3-11-25-36)40-31-17-19-33-42(40)45(37-26-12-4-13-27-37)38-28-14-5-15-29-38;1-2-4-6-5-3-1;;/h1-33H;1-5H;1H;/q;-1;;+2/p-1. The molecule has 5 heteroatoms. The Morgan fingerprint density at radius 2 is 0.623 bits per heavy atom. The van der Waals surface area contributed by atoms with Crippen LogP contribution in [0.25, 0.3) is 0 Å². The number of hydrogen-bond donors (Lipinski definition) is 0. The Morgan fingerprint density at radius 3 is 0.925 bits per heavy atom. The predicted molar refractivity (Wildman–Crippen MR) is 241 cm³/mol. The van der Waals surface area contributed by atoms with Crippen LogP contribution in [0.4, 0.5) is 0 Å². The van der Waals surface area contributed by atoms with E-state index in [0.717, 1.165) is 0 Å². The summed E-state index contributed by atoms with van der Waals surface area (Å²) in [6.45, 7) is 0.0634. The largest absolute Gasteiger partial charge is 0.242 e. The molecule has 0 amide bonds. The van der Waals surface area contributed by atoms with E-state index in [2.05, 4.69) is 222 Å². The molecular formula is C48H38BIP2Pd. The monoisotopic (exact) mass is 920 g/mol. The van der Waals surface area contributed by atoms with E-state index in [0.29, 0.717) is 0 Å². The topological polar surface area (TPSA) is 0 Å². The molecule has 0 bridgehead atoms. The molecule has 0 radical (unpaired) electrons. The molecule has 260 valence electrons. The molecule has 0 aliphatic carbocycles. The van der Waals surface area contributed by atoms with Gasteiger partial charge in [0, 0.05) is 0 Å². The van der Waals surface area contributed by atoms with Crippen molar-refractivity contribution >= 4 is 90.3 Å². The van der Waals surface area contributed by atoms with Crippen molar-refractivity contribution in [2.75, 3.05) is 0 Å². The Labute approximate surface area is 339 Å². The SMILES string of the molecule is [Pd+][I].[c-]1ccccc1.c1ccc(B(c2ccccc2P(c2ccccc2)c2ccccc2)c2ccccc2P(c2ccccc2)c2ccccc2)cc1. The average Bonchev–Trinajstić information content (AvgIpc) is 3.26. The van der Waals surface area contributed by atoms with Crippen molar-refractivity contribution in [2.24, 2.45) is 0 Å². The minimum Gasteiger partial charge on any atom is -0.184 e. The third kappa shape index (κ3) is 10.2. The second kappa shape index (κ2) is 21.1. The third-order valence-electron chi connectivity index (χ3n) is 8.77. The minimum absolute atomic E-state index is 0.0634. The van der Waals surface area contributed by atoms with Crippen molar-refractivity contribution in [3.63, 3.8) is 0 Å². The first-order valence-corrected chi connectivity index (χ1v) is 24.8. The zero-order chi connectivity index (χ0) is 36.5. The molecule has 0 fully saturated rings. The molecule has 0 heterocycles. The molecule has 0 saturated carbocycles. The maximum absolute atomic E-state index is 2.89. The summed E-state index contributed by atoms with van der Waals surface area (Å²) in [6, 6.07) is 86.2. The van der Waals surface area contributed by atoms with Gasteiger partial charge in [-0.25, -0.2) is 0 Å². The van der Waals surface area contributed by atoms with Gasteiger partial charge in [0.05, 0.1) is 0 Å². The smallest absolute Gasteiger partial charge is 0.184 e. The van der Waals surface area contributed by atoms with Gasteiger partial charge in [-0.1, -0.05) is 217 Å². The first kappa shape index (κ1) is 38.8. The van der Waals surface area contributed by atoms with Crippen LogP contribution in [0, 0.1) is 6.07 Å². The summed E-state index contributed by atoms with van der Waals surface area (Å²) in [4.78, 5) is 0. The molecule has 8 rings (SSSR count). The van der Waals surface area contributed by atoms with Crippen LogP contribution in [-0.2, 0) is 15.6 Å². The molecule has 0 nitrogen and oxygen atoms in total. The molecule has 0 N–H and O–H groups in total. The molecule has 8 aromatic carbocycles. The Hall–Kier alpha value is -3.92. The van der Waals surface area contributed by atoms with Crippen molar-refractivity contribution in [3.05, 3.63) is 237 Å². The zero-order valence-electron chi connectivity index (χ0n) is 29.1. The fraction of sp³-hybridized carbons (Fsp3) is 0. The van der Waals surface area contributed by atoms with E-state index in [9.17, 15) is 0 Å². The summed E-state index contributed by atoms with van der Waals surface area (Å²) in [6.07, 6.45) is 0. The van der Waals surface area contributed by atoms with E-state index in [1.807, 2.05) is 49.8 Å². The molecule has 0 atom stereocenters. The summed E-state index contributed by atoms with van der Waals surface area (Å²) in [7, 11) is -1.57. The molecule has 0 aromatic heterocycles. The Bertz CT molecular complexity index is 1980. The zero-order valence-corrected chi connectivity index (χ0v) is 34.6. The van der Waals surface area contributed by atoms with Crippen LogP contribution in [0.15, 0.2) is 231 Å². The van der Waals surface area contributed by atoms with Crippen LogP contribution < -0.4 is 48.2 Å². The Balaban J connectivity index is 0.000000540. The van der Waals surface area contributed by atoms with Gasteiger partial charge >= 0.3 is 35.1 Å². The fourth-order valence-electron chi connectivity index (χ4n) is 6.55. The van der Waals surface area contributed by atoms with Crippen molar-refractivity contribution in [1.82, 2.24) is 0 Å². The van der Waals surface area contributed by atoms with E-state index >= 15 is 0 Å². The normalized spacial score (nSPS) is 10.4. The van der Waals surface area contributed by atoms with Gasteiger partial charge in [-0.15, -0.1) is 0 Å². The summed E-state index contributed by atoms with van der Waals surface area (Å²) < 4.78 is 0. The first-order valence-electron chi connectivity index (χ1n) is 17.4. The quantitative estimate of drug-likeness (QED) is 0.0595. The molecule has 53 heavy (non-hydrogen) atoms. The Kier molecular flexibility index (Phi) is 15.4. The number of hydrogen-bond acceptors (Lipinski definition) is 0. The minimum atomic E-state index is -0.787. The molecule has 0 spiro atoms. The van der Waals surface area contributed by atoms with Crippen LogP contribution in [0.2, 0.25) is 0 Å². The van der Waals surface area contributed by atoms with E-state index in [1.165, 1.54) is 48.2 Å². The van der Waals surface area contributed by atoms with Crippen LogP contribution >= 0.6 is 35.4 Å². The Morgan fingerprint density at radius 1 is 0.340 bits per heavy atom. The number of rotatable bonds is 9. The van der Waals surface area contributed by atoms with Crippen molar-refractivity contribution < 1.29 is 15.6 Å². The summed E-state index contributed by atoms with van der Waals surface area (Å²) in [5.74, 6) is 0. The molecule has 0 aliphatic rings. The van der Waals surface area contributed by atoms with E-state index in [-0.39, 0.29) is 6.71 Å². The van der Waals surface area contributed by atoms with Gasteiger partial charge < -0.3 is 0 Å². The van der Waals surface area contributed by atoms with Gasteiger partial charge in [0.25, 0.3) is 0 Å². The maximum atomic E-state index is 2.89. The van der Waals surface area contributed by atoms with Crippen LogP contribution in [0.5, 0.6) is 0 Å². The summed E-state index contributed by atoms with van der Waals surface area (Å²) in [5, 5.41) is 8.25. The summed E-state index contributed by atoms with van der Waals surface area (Å²) in [5.41, 5.74) is 4.04. The van der Waals surface area contributed by atoms with Gasteiger partial charge in [0.2, 0.25) is 6.71 Å². The predicted octanol–water partition coefficient (Wildman–Crippen LogP) is 8.09. The van der Waals surface area contributed by atoms with Crippen LogP contribution in [0.1, 0.15) is 0 Å². The first-order chi connectivity index (χ1) is 26.4. The van der Waals surface area contributed by atoms with Gasteiger partial charge in [0.15, 0.2) is 0 Å². The molecular weight excluding hydrogens is 883 g/mol. The maximum Gasteiger partial charge on any atom is 0.242 e. The van der Waals surface area contributed by atoms with E-state index < -0.39 is 15.8 Å². The van der Waals surface area contributed by atoms with Gasteiger partial charge in [-0.3, -0.25) is 0 Å². The summed E-state index contributed by atoms with van der Waals surface area (Å²) >= 11 is 4.72. The van der Waals surface area contributed by atoms with Crippen LogP contribution in [-0.4, -0.2) is 6.71 Å². The fourth-order valence-corrected chi connectivity index (χ4v) is 11.5. The van der Waals surface area contributed by atoms with Crippen molar-refractivity contribution in [3.8, 4) is 0 Å². The number of halogens is 1. The third-order valence-corrected chi connectivity index (χ3v) is 13.8. The van der Waals surface area contributed by atoms with Crippen LogP contribution in [0.3, 0.4) is 0 Å². The van der Waals surface area contributed by atoms with Gasteiger partial charge in [-0.2, -0.15) is 36.4 Å². The molecule has 0 unspecified atom stereocenters.